The molecule has 1 atom stereocenters. The number of carbonyl (C=O) groups is 1. The van der Waals surface area contributed by atoms with Crippen LogP contribution in [-0.2, 0) is 12.7 Å². The van der Waals surface area contributed by atoms with Gasteiger partial charge in [-0.2, -0.15) is 13.2 Å². The van der Waals surface area contributed by atoms with Crippen molar-refractivity contribution in [3.05, 3.63) is 48.0 Å². The van der Waals surface area contributed by atoms with E-state index >= 15 is 0 Å². The lowest BCUT2D eigenvalue weighted by molar-refractivity contribution is -0.140. The van der Waals surface area contributed by atoms with Crippen molar-refractivity contribution in [2.45, 2.75) is 25.2 Å². The Labute approximate surface area is 192 Å². The number of oxazole rings is 1. The first-order valence-corrected chi connectivity index (χ1v) is 10.4. The number of fused-ring (bicyclic) bond motifs is 1. The third kappa shape index (κ3) is 4.36. The van der Waals surface area contributed by atoms with Crippen LogP contribution in [0.5, 0.6) is 5.75 Å². The summed E-state index contributed by atoms with van der Waals surface area (Å²) in [5.74, 6) is 0.720. The van der Waals surface area contributed by atoms with E-state index in [9.17, 15) is 18.0 Å². The van der Waals surface area contributed by atoms with E-state index in [0.29, 0.717) is 47.6 Å². The number of primary amides is 1. The molecule has 1 saturated heterocycles. The summed E-state index contributed by atoms with van der Waals surface area (Å²) in [7, 11) is 1.35. The molecule has 0 saturated carbocycles. The van der Waals surface area contributed by atoms with Gasteiger partial charge in [0.15, 0.2) is 0 Å². The van der Waals surface area contributed by atoms with Gasteiger partial charge in [-0.05, 0) is 30.7 Å². The van der Waals surface area contributed by atoms with Gasteiger partial charge in [-0.25, -0.2) is 14.8 Å². The van der Waals surface area contributed by atoms with Gasteiger partial charge < -0.3 is 30.8 Å². The predicted octanol–water partition coefficient (Wildman–Crippen LogP) is 3.09. The number of nitrogens with zero attached hydrogens (tertiary/aromatic N) is 3. The summed E-state index contributed by atoms with van der Waals surface area (Å²) in [6, 6.07) is 4.63. The third-order valence-corrected chi connectivity index (χ3v) is 5.63. The molecule has 1 fully saturated rings. The number of rotatable bonds is 6. The number of nitrogens with one attached hydrogen (secondary N) is 1. The van der Waals surface area contributed by atoms with Gasteiger partial charge in [0, 0.05) is 30.1 Å². The molecule has 2 aromatic heterocycles. The van der Waals surface area contributed by atoms with Crippen molar-refractivity contribution in [1.29, 1.82) is 0 Å². The highest BCUT2D eigenvalue weighted by molar-refractivity contribution is 5.96. The van der Waals surface area contributed by atoms with E-state index in [1.165, 1.54) is 19.2 Å². The summed E-state index contributed by atoms with van der Waals surface area (Å²) < 4.78 is 50.8. The molecule has 9 nitrogen and oxygen atoms in total. The van der Waals surface area contributed by atoms with E-state index < -0.39 is 17.9 Å². The van der Waals surface area contributed by atoms with E-state index in [2.05, 4.69) is 21.9 Å². The molecule has 5 N–H and O–H groups in total. The smallest absolute Gasteiger partial charge is 0.433 e. The van der Waals surface area contributed by atoms with Crippen LogP contribution in [-0.4, -0.2) is 47.1 Å². The van der Waals surface area contributed by atoms with Crippen molar-refractivity contribution in [1.82, 2.24) is 20.2 Å². The molecule has 180 valence electrons. The van der Waals surface area contributed by atoms with Gasteiger partial charge in [0.05, 0.1) is 19.4 Å². The SMILES string of the molecule is C=C(c1nc(-c2ccc(OC)c3nc(C(F)(F)F)ccc23)oc1CN)N1CC[C@@H](NC(N)=O)C1. The Kier molecular flexibility index (Phi) is 6.09. The monoisotopic (exact) mass is 476 g/mol. The van der Waals surface area contributed by atoms with Crippen LogP contribution in [0.2, 0.25) is 0 Å². The first-order valence-electron chi connectivity index (χ1n) is 10.4. The zero-order valence-corrected chi connectivity index (χ0v) is 18.3. The summed E-state index contributed by atoms with van der Waals surface area (Å²) in [4.78, 5) is 21.4. The minimum absolute atomic E-state index is 0.0302. The summed E-state index contributed by atoms with van der Waals surface area (Å²) >= 11 is 0. The number of aromatic nitrogens is 2. The molecule has 3 aromatic rings. The Hall–Kier alpha value is -3.80. The Morgan fingerprint density at radius 2 is 2.09 bits per heavy atom. The lowest BCUT2D eigenvalue weighted by Crippen LogP contribution is -2.40. The second-order valence-electron chi connectivity index (χ2n) is 7.79. The van der Waals surface area contributed by atoms with Gasteiger partial charge in [0.25, 0.3) is 0 Å². The summed E-state index contributed by atoms with van der Waals surface area (Å²) in [6.07, 6.45) is -3.92. The second kappa shape index (κ2) is 8.86. The molecule has 34 heavy (non-hydrogen) atoms. The Balaban J connectivity index is 1.73. The number of hydrogen-bond donors (Lipinski definition) is 3. The van der Waals surface area contributed by atoms with Gasteiger partial charge >= 0.3 is 12.2 Å². The molecule has 0 aliphatic carbocycles. The van der Waals surface area contributed by atoms with Crippen molar-refractivity contribution in [2.24, 2.45) is 11.5 Å². The molecule has 0 spiro atoms. The Morgan fingerprint density at radius 3 is 2.74 bits per heavy atom. The number of ether oxygens (including phenoxy) is 1. The molecule has 0 radical (unpaired) electrons. The van der Waals surface area contributed by atoms with Gasteiger partial charge in [-0.15, -0.1) is 0 Å². The van der Waals surface area contributed by atoms with Crippen LogP contribution >= 0.6 is 0 Å². The maximum Gasteiger partial charge on any atom is 0.433 e. The van der Waals surface area contributed by atoms with Crippen LogP contribution in [0.25, 0.3) is 28.1 Å². The number of urea groups is 1. The van der Waals surface area contributed by atoms with E-state index in [1.807, 2.05) is 4.90 Å². The van der Waals surface area contributed by atoms with E-state index in [-0.39, 0.29) is 29.7 Å². The standard InChI is InChI=1S/C22H23F3N6O3/c1-11(31-8-7-12(10-31)28-21(27)32)18-16(9-26)34-20(30-18)14-3-5-15(33-2)19-13(14)4-6-17(29-19)22(23,24)25/h3-6,12H,1,7-10,26H2,2H3,(H3,27,28,32)/t12-/m1/s1. The fourth-order valence-corrected chi connectivity index (χ4v) is 4.01. The predicted molar refractivity (Wildman–Crippen MR) is 118 cm³/mol. The van der Waals surface area contributed by atoms with Gasteiger partial charge in [-0.1, -0.05) is 6.58 Å². The summed E-state index contributed by atoms with van der Waals surface area (Å²) in [6.45, 7) is 5.25. The molecular weight excluding hydrogens is 453 g/mol. The molecule has 1 aliphatic rings. The molecule has 2 amide bonds. The molecule has 0 bridgehead atoms. The van der Waals surface area contributed by atoms with Crippen LogP contribution in [0.15, 0.2) is 35.3 Å². The minimum Gasteiger partial charge on any atom is -0.494 e. The molecular formula is C22H23F3N6O3. The first-order chi connectivity index (χ1) is 16.1. The molecule has 1 aliphatic heterocycles. The van der Waals surface area contributed by atoms with E-state index in [4.69, 9.17) is 20.6 Å². The maximum absolute atomic E-state index is 13.2. The number of benzene rings is 1. The number of methoxy groups -OCH3 is 1. The number of carbonyl (C=O) groups excluding carboxylic acids is 1. The Bertz CT molecular complexity index is 1260. The van der Waals surface area contributed by atoms with E-state index in [0.717, 1.165) is 6.07 Å². The quantitative estimate of drug-likeness (QED) is 0.498. The zero-order valence-electron chi connectivity index (χ0n) is 18.3. The van der Waals surface area contributed by atoms with Crippen LogP contribution < -0.4 is 21.5 Å². The van der Waals surface area contributed by atoms with Crippen molar-refractivity contribution in [3.8, 4) is 17.2 Å². The van der Waals surface area contributed by atoms with Crippen molar-refractivity contribution in [3.63, 3.8) is 0 Å². The fraction of sp³-hybridized carbons (Fsp3) is 0.318. The van der Waals surface area contributed by atoms with Crippen molar-refractivity contribution in [2.75, 3.05) is 20.2 Å². The van der Waals surface area contributed by atoms with Crippen molar-refractivity contribution < 1.29 is 27.1 Å². The highest BCUT2D eigenvalue weighted by Crippen LogP contribution is 2.37. The molecule has 0 unspecified atom stereocenters. The number of nitrogens with two attached hydrogens (primary N) is 2. The van der Waals surface area contributed by atoms with Gasteiger partial charge in [0.1, 0.15) is 28.4 Å². The lowest BCUT2D eigenvalue weighted by Gasteiger charge is -2.20. The zero-order chi connectivity index (χ0) is 24.6. The first kappa shape index (κ1) is 23.4. The van der Waals surface area contributed by atoms with Crippen LogP contribution in [0.4, 0.5) is 18.0 Å². The van der Waals surface area contributed by atoms with E-state index in [1.54, 1.807) is 6.07 Å². The normalized spacial score (nSPS) is 16.1. The highest BCUT2D eigenvalue weighted by atomic mass is 19.4. The second-order valence-corrected chi connectivity index (χ2v) is 7.79. The Morgan fingerprint density at radius 1 is 1.32 bits per heavy atom. The van der Waals surface area contributed by atoms with Gasteiger partial charge in [-0.3, -0.25) is 0 Å². The number of alkyl halides is 3. The average molecular weight is 476 g/mol. The third-order valence-electron chi connectivity index (χ3n) is 5.63. The highest BCUT2D eigenvalue weighted by Gasteiger charge is 2.33. The summed E-state index contributed by atoms with van der Waals surface area (Å²) in [5, 5.41) is 3.05. The minimum atomic E-state index is -4.60. The molecule has 4 rings (SSSR count). The van der Waals surface area contributed by atoms with Crippen LogP contribution in [0.1, 0.15) is 23.6 Å². The van der Waals surface area contributed by atoms with Crippen LogP contribution in [0, 0.1) is 0 Å². The largest absolute Gasteiger partial charge is 0.494 e. The molecule has 3 heterocycles. The lowest BCUT2D eigenvalue weighted by atomic mass is 10.1. The number of pyridine rings is 1. The number of halogens is 3. The molecule has 1 aromatic carbocycles. The molecule has 12 heteroatoms. The maximum atomic E-state index is 13.2. The summed E-state index contributed by atoms with van der Waals surface area (Å²) in [5.41, 5.74) is 11.5. The van der Waals surface area contributed by atoms with Gasteiger partial charge in [0.2, 0.25) is 5.89 Å². The average Bonchev–Trinajstić information content (AvgIpc) is 3.43. The number of hydrogen-bond acceptors (Lipinski definition) is 7. The van der Waals surface area contributed by atoms with Crippen molar-refractivity contribution >= 4 is 22.6 Å². The number of likely N-dealkylation sites (tertiary alicyclic amines) is 1. The number of amides is 2. The topological polar surface area (TPSA) is 133 Å². The van der Waals surface area contributed by atoms with Crippen LogP contribution in [0.3, 0.4) is 0 Å². The fourth-order valence-electron chi connectivity index (χ4n) is 4.01.